The maximum Gasteiger partial charge on any atom is 2.00 e. The molecule has 4 aromatic rings. The third kappa shape index (κ3) is 16.7. The molecule has 0 heterocycles. The van der Waals surface area contributed by atoms with Gasteiger partial charge in [-0.2, -0.15) is 0 Å². The summed E-state index contributed by atoms with van der Waals surface area (Å²) in [5, 5.41) is 82.5. The van der Waals surface area contributed by atoms with E-state index in [0.717, 1.165) is 12.2 Å². The standard InChI is InChI=1S/2C19H18N5O3.Cu/c2*1-13(25)12-16(20)23-24-17(18(26)21-14-8-4-2-5-9-14)19(27)22-15-10-6-3-7-11-15;/h2*2-12,21,25-26H,1H3,(H,22,27);/q2*-1;+2/b2*13-12-,18-17-,24-23?;. The number of azo groups is 2. The van der Waals surface area contributed by atoms with E-state index in [2.05, 4.69) is 41.7 Å². The smallest absolute Gasteiger partial charge is 0.513 e. The van der Waals surface area contributed by atoms with Crippen molar-refractivity contribution in [2.45, 2.75) is 13.8 Å². The average Bonchev–Trinajstić information content (AvgIpc) is 3.13. The van der Waals surface area contributed by atoms with Gasteiger partial charge in [-0.3, -0.25) is 9.59 Å². The molecule has 55 heavy (non-hydrogen) atoms. The van der Waals surface area contributed by atoms with Gasteiger partial charge in [0.15, 0.2) is 11.4 Å². The number of carbonyl (C=O) groups excluding carboxylic acids is 2. The van der Waals surface area contributed by atoms with Gasteiger partial charge in [0.05, 0.1) is 11.5 Å². The van der Waals surface area contributed by atoms with Crippen molar-refractivity contribution in [3.8, 4) is 0 Å². The topological polar surface area (TPSA) is 257 Å². The minimum Gasteiger partial charge on any atom is -0.513 e. The van der Waals surface area contributed by atoms with Gasteiger partial charge >= 0.3 is 17.1 Å². The Morgan fingerprint density at radius 1 is 0.473 bits per heavy atom. The molecule has 1 radical (unpaired) electrons. The predicted molar refractivity (Wildman–Crippen MR) is 209 cm³/mol. The van der Waals surface area contributed by atoms with Crippen LogP contribution in [0.1, 0.15) is 13.8 Å². The molecule has 0 saturated heterocycles. The minimum absolute atomic E-state index is 0. The molecule has 8 N–H and O–H groups in total. The Labute approximate surface area is 327 Å². The van der Waals surface area contributed by atoms with E-state index in [1.807, 2.05) is 0 Å². The van der Waals surface area contributed by atoms with Gasteiger partial charge in [-0.25, -0.2) is 10.2 Å². The molecule has 0 fully saturated rings. The summed E-state index contributed by atoms with van der Waals surface area (Å²) >= 11 is 0. The Bertz CT molecular complexity index is 1930. The SMILES string of the molecule is C/C(O)=C/C(=[N-])N=N/C(C(=O)Nc1ccccc1)=C(\O)Nc1ccccc1.C/C(O)=C/C(=[N-])N=N/C(C(=O)Nc1ccccc1)=C(\O)Nc1ccccc1.[Cu+2]. The Balaban J connectivity index is 0.000000373. The van der Waals surface area contributed by atoms with Gasteiger partial charge in [0.2, 0.25) is 11.8 Å². The summed E-state index contributed by atoms with van der Waals surface area (Å²) in [5.74, 6) is -4.27. The van der Waals surface area contributed by atoms with E-state index >= 15 is 0 Å². The van der Waals surface area contributed by atoms with Crippen molar-refractivity contribution in [1.82, 2.24) is 0 Å². The van der Waals surface area contributed by atoms with Crippen LogP contribution in [0.5, 0.6) is 0 Å². The molecule has 0 aliphatic rings. The number of carbonyl (C=O) groups is 2. The van der Waals surface area contributed by atoms with Gasteiger partial charge in [-0.15, -0.1) is 0 Å². The van der Waals surface area contributed by atoms with Gasteiger partial charge in [0.1, 0.15) is 0 Å². The number of nitrogens with zero attached hydrogens (tertiary/aromatic N) is 6. The normalized spacial score (nSPS) is 12.2. The summed E-state index contributed by atoms with van der Waals surface area (Å²) in [6, 6.07) is 34.5. The first-order chi connectivity index (χ1) is 25.9. The molecule has 0 aliphatic carbocycles. The number of rotatable bonds is 12. The van der Waals surface area contributed by atoms with Gasteiger partial charge in [-0.1, -0.05) is 72.8 Å². The summed E-state index contributed by atoms with van der Waals surface area (Å²) < 4.78 is 0. The fourth-order valence-corrected chi connectivity index (χ4v) is 3.89. The van der Waals surface area contributed by atoms with Crippen molar-refractivity contribution in [3.63, 3.8) is 0 Å². The quantitative estimate of drug-likeness (QED) is 0.0171. The van der Waals surface area contributed by atoms with Gasteiger partial charge in [0, 0.05) is 22.7 Å². The molecule has 17 heteroatoms. The largest absolute Gasteiger partial charge is 2.00 e. The van der Waals surface area contributed by atoms with E-state index in [9.17, 15) is 30.6 Å². The second-order valence-corrected chi connectivity index (χ2v) is 10.7. The van der Waals surface area contributed by atoms with Crippen LogP contribution in [0.4, 0.5) is 22.7 Å². The van der Waals surface area contributed by atoms with E-state index in [1.54, 1.807) is 121 Å². The van der Waals surface area contributed by atoms with Crippen molar-refractivity contribution in [1.29, 1.82) is 0 Å². The third-order valence-electron chi connectivity index (χ3n) is 6.20. The maximum absolute atomic E-state index is 12.5. The van der Waals surface area contributed by atoms with Gasteiger partial charge in [-0.05, 0) is 86.2 Å². The van der Waals surface area contributed by atoms with Crippen molar-refractivity contribution in [2.75, 3.05) is 21.3 Å². The molecular formula is C38H36CuN10O6. The van der Waals surface area contributed by atoms with E-state index in [4.69, 9.17) is 10.2 Å². The summed E-state index contributed by atoms with van der Waals surface area (Å²) in [7, 11) is 0. The zero-order valence-electron chi connectivity index (χ0n) is 29.3. The van der Waals surface area contributed by atoms with Crippen LogP contribution >= 0.6 is 0 Å². The second kappa shape index (κ2) is 23.3. The Morgan fingerprint density at radius 2 is 0.727 bits per heavy atom. The molecule has 0 bridgehead atoms. The molecule has 2 amide bonds. The average molecular weight is 792 g/mol. The summed E-state index contributed by atoms with van der Waals surface area (Å²) in [6.07, 6.45) is 1.88. The first kappa shape index (κ1) is 43.8. The number of allylic oxidation sites excluding steroid dienone is 2. The third-order valence-corrected chi connectivity index (χ3v) is 6.20. The Hall–Kier alpha value is -7.36. The van der Waals surface area contributed by atoms with Crippen LogP contribution in [0.3, 0.4) is 0 Å². The number of benzene rings is 4. The number of amidine groups is 2. The second-order valence-electron chi connectivity index (χ2n) is 10.7. The van der Waals surface area contributed by atoms with Crippen molar-refractivity contribution in [3.05, 3.63) is 179 Å². The maximum atomic E-state index is 12.5. The fourth-order valence-electron chi connectivity index (χ4n) is 3.89. The van der Waals surface area contributed by atoms with Crippen molar-refractivity contribution in [2.24, 2.45) is 20.5 Å². The van der Waals surface area contributed by atoms with Crippen LogP contribution in [0.15, 0.2) is 189 Å². The number of para-hydroxylation sites is 4. The van der Waals surface area contributed by atoms with Crippen molar-refractivity contribution < 1.29 is 47.1 Å². The molecule has 4 aromatic carbocycles. The number of amides is 2. The zero-order valence-corrected chi connectivity index (χ0v) is 30.2. The molecule has 0 spiro atoms. The molecule has 0 aliphatic heterocycles. The molecule has 0 saturated carbocycles. The molecule has 0 aromatic heterocycles. The van der Waals surface area contributed by atoms with Gasteiger partial charge < -0.3 is 62.7 Å². The number of hydrogen-bond acceptors (Lipinski definition) is 10. The molecule has 285 valence electrons. The molecule has 0 atom stereocenters. The van der Waals surface area contributed by atoms with Crippen LogP contribution in [0.2, 0.25) is 0 Å². The minimum atomic E-state index is -0.747. The zero-order chi connectivity index (χ0) is 39.3. The van der Waals surface area contributed by atoms with E-state index in [1.165, 1.54) is 13.8 Å². The number of nitrogens with one attached hydrogen (secondary N) is 4. The number of aliphatic hydroxyl groups excluding tert-OH is 4. The molecule has 0 unspecified atom stereocenters. The molecule has 4 rings (SSSR count). The number of hydrogen-bond donors (Lipinski definition) is 8. The Kier molecular flexibility index (Phi) is 18.5. The van der Waals surface area contributed by atoms with Gasteiger partial charge in [0.25, 0.3) is 11.8 Å². The number of anilines is 4. The molecule has 16 nitrogen and oxygen atoms in total. The Morgan fingerprint density at radius 3 is 0.982 bits per heavy atom. The first-order valence-electron chi connectivity index (χ1n) is 15.8. The monoisotopic (exact) mass is 791 g/mol. The van der Waals surface area contributed by atoms with E-state index in [-0.39, 0.29) is 28.6 Å². The predicted octanol–water partition coefficient (Wildman–Crippen LogP) is 8.69. The van der Waals surface area contributed by atoms with Crippen LogP contribution in [0.25, 0.3) is 10.8 Å². The van der Waals surface area contributed by atoms with Crippen LogP contribution in [-0.2, 0) is 26.7 Å². The number of aliphatic hydroxyl groups is 4. The summed E-state index contributed by atoms with van der Waals surface area (Å²) in [5.41, 5.74) is 1.10. The van der Waals surface area contributed by atoms with Crippen LogP contribution < -0.4 is 21.3 Å². The van der Waals surface area contributed by atoms with Crippen LogP contribution in [0, 0.1) is 0 Å². The fraction of sp³-hybridized carbons (Fsp3) is 0.0526. The first-order valence-corrected chi connectivity index (χ1v) is 15.8. The molecular weight excluding hydrogens is 756 g/mol. The van der Waals surface area contributed by atoms with Crippen LogP contribution in [-0.4, -0.2) is 43.9 Å². The van der Waals surface area contributed by atoms with E-state index in [0.29, 0.717) is 22.7 Å². The summed E-state index contributed by atoms with van der Waals surface area (Å²) in [4.78, 5) is 25.0. The summed E-state index contributed by atoms with van der Waals surface area (Å²) in [6.45, 7) is 2.66. The van der Waals surface area contributed by atoms with Crippen molar-refractivity contribution >= 4 is 46.2 Å². The van der Waals surface area contributed by atoms with E-state index < -0.39 is 46.6 Å².